The normalized spacial score (nSPS) is 10.9. The van der Waals surface area contributed by atoms with Crippen LogP contribution in [0.25, 0.3) is 37.4 Å². The monoisotopic (exact) mass is 425 g/mol. The van der Waals surface area contributed by atoms with Crippen LogP contribution in [-0.2, 0) is 0 Å². The second-order valence-corrected chi connectivity index (χ2v) is 8.29. The fourth-order valence-corrected chi connectivity index (χ4v) is 5.47. The van der Waals surface area contributed by atoms with Crippen molar-refractivity contribution in [1.29, 1.82) is 10.5 Å². The zero-order valence-corrected chi connectivity index (χ0v) is 16.9. The second-order valence-electron chi connectivity index (χ2n) is 6.48. The first-order chi connectivity index (χ1) is 14.7. The molecule has 5 aromatic rings. The lowest BCUT2D eigenvalue weighted by Crippen LogP contribution is -2.15. The largest absolute Gasteiger partial charge is 0.384 e. The Morgan fingerprint density at radius 1 is 1.00 bits per heavy atom. The van der Waals surface area contributed by atoms with Crippen LogP contribution in [-0.4, -0.2) is 9.38 Å². The molecule has 0 spiro atoms. The van der Waals surface area contributed by atoms with Gasteiger partial charge in [0.1, 0.15) is 33.9 Å². The Kier molecular flexibility index (Phi) is 4.11. The van der Waals surface area contributed by atoms with Crippen molar-refractivity contribution in [3.05, 3.63) is 74.7 Å². The average molecular weight is 425 g/mol. The maximum absolute atomic E-state index is 13.0. The summed E-state index contributed by atoms with van der Waals surface area (Å²) in [4.78, 5) is 18.6. The number of benzene rings is 1. The van der Waals surface area contributed by atoms with Crippen molar-refractivity contribution in [2.24, 2.45) is 0 Å². The summed E-state index contributed by atoms with van der Waals surface area (Å²) in [6.07, 6.45) is 0. The summed E-state index contributed by atoms with van der Waals surface area (Å²) in [5, 5.41) is 23.9. The van der Waals surface area contributed by atoms with E-state index in [9.17, 15) is 15.3 Å². The predicted molar refractivity (Wildman–Crippen MR) is 119 cm³/mol. The first-order valence-corrected chi connectivity index (χ1v) is 10.6. The minimum absolute atomic E-state index is 0.161. The van der Waals surface area contributed by atoms with Gasteiger partial charge in [0.15, 0.2) is 5.65 Å². The van der Waals surface area contributed by atoms with E-state index in [2.05, 4.69) is 17.1 Å². The summed E-state index contributed by atoms with van der Waals surface area (Å²) in [5.74, 6) is 0.161. The number of hydrogen-bond acceptors (Lipinski definition) is 7. The van der Waals surface area contributed by atoms with Gasteiger partial charge >= 0.3 is 0 Å². The molecule has 1 aromatic carbocycles. The number of thiophene rings is 2. The fourth-order valence-electron chi connectivity index (χ4n) is 3.60. The Morgan fingerprint density at radius 2 is 1.77 bits per heavy atom. The summed E-state index contributed by atoms with van der Waals surface area (Å²) in [6, 6.07) is 17.5. The van der Waals surface area contributed by atoms with Gasteiger partial charge in [-0.3, -0.25) is 9.20 Å². The molecule has 6 nitrogen and oxygen atoms in total. The van der Waals surface area contributed by atoms with Crippen LogP contribution in [0.4, 0.5) is 5.82 Å². The third kappa shape index (κ3) is 2.45. The maximum Gasteiger partial charge on any atom is 0.282 e. The van der Waals surface area contributed by atoms with Crippen molar-refractivity contribution in [3.63, 3.8) is 0 Å². The number of hydrogen-bond donors (Lipinski definition) is 1. The van der Waals surface area contributed by atoms with Gasteiger partial charge in [-0.25, -0.2) is 0 Å². The molecule has 0 aliphatic rings. The van der Waals surface area contributed by atoms with E-state index in [4.69, 9.17) is 5.73 Å². The van der Waals surface area contributed by atoms with E-state index in [1.54, 1.807) is 4.40 Å². The number of pyridine rings is 1. The van der Waals surface area contributed by atoms with Gasteiger partial charge in [0.2, 0.25) is 0 Å². The number of nitrogen functional groups attached to an aromatic ring is 1. The molecule has 0 aliphatic heterocycles. The molecule has 0 aliphatic carbocycles. The standard InChI is InChI=1S/C22H11N5OS2/c23-9-13-17(16-7-4-8-29-16)14(10-24)20-26-21(28)18-15(12-5-2-1-3-6-12)11-30-22(18)27(20)19(13)25/h1-8,11H,25H2. The second kappa shape index (κ2) is 6.82. The van der Waals surface area contributed by atoms with Crippen LogP contribution in [0.1, 0.15) is 11.1 Å². The molecule has 2 N–H and O–H groups in total. The molecular weight excluding hydrogens is 414 g/mol. The van der Waals surface area contributed by atoms with E-state index in [0.29, 0.717) is 15.8 Å². The first-order valence-electron chi connectivity index (χ1n) is 8.84. The number of aromatic nitrogens is 2. The Balaban J connectivity index is 1.99. The summed E-state index contributed by atoms with van der Waals surface area (Å²) in [6.45, 7) is 0. The molecule has 0 saturated carbocycles. The van der Waals surface area contributed by atoms with E-state index in [0.717, 1.165) is 16.0 Å². The SMILES string of the molecule is N#Cc1c(-c2cccs2)c(C#N)c2nc(=O)c3c(-c4ccccc4)csc3n2c1N. The molecule has 142 valence electrons. The van der Waals surface area contributed by atoms with Gasteiger partial charge in [-0.2, -0.15) is 15.5 Å². The molecule has 0 atom stereocenters. The van der Waals surface area contributed by atoms with Crippen LogP contribution < -0.4 is 11.3 Å². The zero-order valence-electron chi connectivity index (χ0n) is 15.3. The lowest BCUT2D eigenvalue weighted by atomic mass is 10.0. The van der Waals surface area contributed by atoms with Gasteiger partial charge in [0.25, 0.3) is 5.56 Å². The number of nitrogens with zero attached hydrogens (tertiary/aromatic N) is 4. The first kappa shape index (κ1) is 18.1. The Bertz CT molecular complexity index is 1580. The third-order valence-corrected chi connectivity index (χ3v) is 6.76. The van der Waals surface area contributed by atoms with Crippen LogP contribution >= 0.6 is 22.7 Å². The molecule has 5 rings (SSSR count). The van der Waals surface area contributed by atoms with Crippen LogP contribution in [0.2, 0.25) is 0 Å². The van der Waals surface area contributed by atoms with Crippen LogP contribution in [0.5, 0.6) is 0 Å². The highest BCUT2D eigenvalue weighted by Crippen LogP contribution is 2.39. The Hall–Kier alpha value is -3.98. The molecule has 0 fully saturated rings. The van der Waals surface area contributed by atoms with Crippen molar-refractivity contribution in [2.45, 2.75) is 0 Å². The number of nitriles is 2. The number of anilines is 1. The summed E-state index contributed by atoms with van der Waals surface area (Å²) in [5.41, 5.74) is 8.57. The number of fused-ring (bicyclic) bond motifs is 3. The van der Waals surface area contributed by atoms with E-state index in [-0.39, 0.29) is 22.6 Å². The lowest BCUT2D eigenvalue weighted by Gasteiger charge is -2.14. The molecule has 8 heteroatoms. The quantitative estimate of drug-likeness (QED) is 0.444. The highest BCUT2D eigenvalue weighted by molar-refractivity contribution is 7.17. The van der Waals surface area contributed by atoms with Gasteiger partial charge < -0.3 is 5.73 Å². The van der Waals surface area contributed by atoms with Crippen molar-refractivity contribution in [2.75, 3.05) is 5.73 Å². The van der Waals surface area contributed by atoms with E-state index < -0.39 is 5.56 Å². The van der Waals surface area contributed by atoms with E-state index >= 15 is 0 Å². The maximum atomic E-state index is 13.0. The van der Waals surface area contributed by atoms with Gasteiger partial charge in [-0.05, 0) is 17.0 Å². The molecular formula is C22H11N5OS2. The van der Waals surface area contributed by atoms with Crippen LogP contribution in [0.3, 0.4) is 0 Å². The summed E-state index contributed by atoms with van der Waals surface area (Å²) in [7, 11) is 0. The van der Waals surface area contributed by atoms with Gasteiger partial charge in [-0.1, -0.05) is 36.4 Å². The smallest absolute Gasteiger partial charge is 0.282 e. The van der Waals surface area contributed by atoms with Crippen molar-refractivity contribution >= 4 is 44.4 Å². The molecule has 0 unspecified atom stereocenters. The van der Waals surface area contributed by atoms with Gasteiger partial charge in [0.05, 0.1) is 5.39 Å². The summed E-state index contributed by atoms with van der Waals surface area (Å²) >= 11 is 2.73. The molecule has 30 heavy (non-hydrogen) atoms. The minimum Gasteiger partial charge on any atom is -0.384 e. The predicted octanol–water partition coefficient (Wildman–Crippen LogP) is 4.63. The van der Waals surface area contributed by atoms with Crippen LogP contribution in [0.15, 0.2) is 58.0 Å². The van der Waals surface area contributed by atoms with Gasteiger partial charge in [0, 0.05) is 21.4 Å². The highest BCUT2D eigenvalue weighted by Gasteiger charge is 2.24. The van der Waals surface area contributed by atoms with Crippen molar-refractivity contribution < 1.29 is 0 Å². The Morgan fingerprint density at radius 3 is 2.43 bits per heavy atom. The fraction of sp³-hybridized carbons (Fsp3) is 0. The topological polar surface area (TPSA) is 108 Å². The lowest BCUT2D eigenvalue weighted by molar-refractivity contribution is 1.14. The molecule has 4 heterocycles. The number of rotatable bonds is 2. The van der Waals surface area contributed by atoms with Crippen LogP contribution in [0, 0.1) is 22.7 Å². The zero-order chi connectivity index (χ0) is 20.8. The minimum atomic E-state index is -0.428. The van der Waals surface area contributed by atoms with Crippen molar-refractivity contribution in [3.8, 4) is 33.7 Å². The summed E-state index contributed by atoms with van der Waals surface area (Å²) < 4.78 is 1.56. The third-order valence-electron chi connectivity index (χ3n) is 4.90. The number of nitrogens with two attached hydrogens (primary N) is 1. The molecule has 4 aromatic heterocycles. The van der Waals surface area contributed by atoms with Gasteiger partial charge in [-0.15, -0.1) is 22.7 Å². The molecule has 0 bridgehead atoms. The van der Waals surface area contributed by atoms with Crippen molar-refractivity contribution in [1.82, 2.24) is 9.38 Å². The average Bonchev–Trinajstić information content (AvgIpc) is 3.44. The molecule has 0 saturated heterocycles. The van der Waals surface area contributed by atoms with E-state index in [1.807, 2.05) is 53.2 Å². The molecule has 0 radical (unpaired) electrons. The highest BCUT2D eigenvalue weighted by atomic mass is 32.1. The van der Waals surface area contributed by atoms with E-state index in [1.165, 1.54) is 22.7 Å². The molecule has 0 amide bonds. The Labute approximate surface area is 178 Å².